The molecule has 0 N–H and O–H groups in total. The molecule has 2 aromatic carbocycles. The molecule has 4 nitrogen and oxygen atoms in total. The first-order chi connectivity index (χ1) is 9.66. The molecule has 2 rings (SSSR count). The largest absolute Gasteiger partial charge is 0.377 e. The van der Waals surface area contributed by atoms with Crippen molar-refractivity contribution < 1.29 is 19.6 Å². The van der Waals surface area contributed by atoms with Gasteiger partial charge in [0.2, 0.25) is 0 Å². The van der Waals surface area contributed by atoms with Gasteiger partial charge < -0.3 is 0 Å². The van der Waals surface area contributed by atoms with Crippen LogP contribution in [0.1, 0.15) is 35.7 Å². The highest BCUT2D eigenvalue weighted by molar-refractivity contribution is 5.88. The second-order valence-corrected chi connectivity index (χ2v) is 4.61. The van der Waals surface area contributed by atoms with Crippen LogP contribution in [0.15, 0.2) is 54.6 Å². The lowest BCUT2D eigenvalue weighted by atomic mass is 10.0. The van der Waals surface area contributed by atoms with E-state index >= 15 is 0 Å². The van der Waals surface area contributed by atoms with E-state index < -0.39 is 5.97 Å². The first-order valence-corrected chi connectivity index (χ1v) is 6.37. The van der Waals surface area contributed by atoms with Gasteiger partial charge in [-0.15, -0.1) is 0 Å². The molecule has 20 heavy (non-hydrogen) atoms. The minimum Gasteiger partial charge on any atom is -0.299 e. The van der Waals surface area contributed by atoms with Gasteiger partial charge >= 0.3 is 5.97 Å². The Labute approximate surface area is 117 Å². The summed E-state index contributed by atoms with van der Waals surface area (Å²) in [5.41, 5.74) is 1.59. The predicted octanol–water partition coefficient (Wildman–Crippen LogP) is 3.89. The fourth-order valence-corrected chi connectivity index (χ4v) is 1.62. The molecule has 0 spiro atoms. The standard InChI is InChI=1S/C16H16O4/c1-12(2)13-8-10-15(11-9-13)18-20-19-16(17)14-6-4-3-5-7-14/h3-12H,1-2H3. The summed E-state index contributed by atoms with van der Waals surface area (Å²) in [5, 5.41) is 4.49. The molecule has 104 valence electrons. The van der Waals surface area contributed by atoms with E-state index in [1.54, 1.807) is 36.4 Å². The van der Waals surface area contributed by atoms with Gasteiger partial charge in [0.15, 0.2) is 5.75 Å². The Kier molecular flexibility index (Phi) is 4.74. The third-order valence-corrected chi connectivity index (χ3v) is 2.80. The summed E-state index contributed by atoms with van der Waals surface area (Å²) < 4.78 is 0. The lowest BCUT2D eigenvalue weighted by Crippen LogP contribution is -2.08. The molecule has 0 heterocycles. The van der Waals surface area contributed by atoms with Crippen molar-refractivity contribution in [3.63, 3.8) is 0 Å². The molecule has 0 aliphatic heterocycles. The molecule has 0 fully saturated rings. The lowest BCUT2D eigenvalue weighted by Gasteiger charge is -2.06. The zero-order valence-electron chi connectivity index (χ0n) is 11.4. The summed E-state index contributed by atoms with van der Waals surface area (Å²) in [4.78, 5) is 21.0. The van der Waals surface area contributed by atoms with E-state index in [9.17, 15) is 4.79 Å². The molecule has 0 bridgehead atoms. The molecule has 4 heteroatoms. The van der Waals surface area contributed by atoms with Crippen LogP contribution in [0, 0.1) is 0 Å². The van der Waals surface area contributed by atoms with Crippen molar-refractivity contribution in [1.82, 2.24) is 0 Å². The van der Waals surface area contributed by atoms with E-state index in [1.807, 2.05) is 18.2 Å². The summed E-state index contributed by atoms with van der Waals surface area (Å²) in [7, 11) is 0. The fourth-order valence-electron chi connectivity index (χ4n) is 1.62. The average Bonchev–Trinajstić information content (AvgIpc) is 2.48. The SMILES string of the molecule is CC(C)c1ccc(OOOC(=O)c2ccccc2)cc1. The van der Waals surface area contributed by atoms with Crippen molar-refractivity contribution in [2.24, 2.45) is 0 Å². The van der Waals surface area contributed by atoms with E-state index in [4.69, 9.17) is 4.89 Å². The van der Waals surface area contributed by atoms with Gasteiger partial charge in [0.1, 0.15) is 0 Å². The summed E-state index contributed by atoms with van der Waals surface area (Å²) >= 11 is 0. The molecule has 0 radical (unpaired) electrons. The van der Waals surface area contributed by atoms with Crippen molar-refractivity contribution in [2.75, 3.05) is 0 Å². The number of carbonyl (C=O) groups is 1. The first kappa shape index (κ1) is 14.1. The first-order valence-electron chi connectivity index (χ1n) is 6.37. The van der Waals surface area contributed by atoms with E-state index in [-0.39, 0.29) is 0 Å². The minimum atomic E-state index is -0.607. The van der Waals surface area contributed by atoms with Gasteiger partial charge in [-0.2, -0.15) is 0 Å². The molecule has 0 aliphatic carbocycles. The van der Waals surface area contributed by atoms with Crippen LogP contribution in [0.4, 0.5) is 0 Å². The topological polar surface area (TPSA) is 44.8 Å². The second-order valence-electron chi connectivity index (χ2n) is 4.61. The summed E-state index contributed by atoms with van der Waals surface area (Å²) in [6, 6.07) is 15.9. The van der Waals surface area contributed by atoms with Gasteiger partial charge in [0, 0.05) is 5.04 Å². The maximum absolute atomic E-state index is 11.6. The third kappa shape index (κ3) is 3.83. The van der Waals surface area contributed by atoms with Crippen LogP contribution in [-0.2, 0) is 9.93 Å². The molecule has 0 saturated carbocycles. The Bertz CT molecular complexity index is 546. The van der Waals surface area contributed by atoms with Crippen molar-refractivity contribution >= 4 is 5.97 Å². The van der Waals surface area contributed by atoms with Crippen LogP contribution < -0.4 is 4.89 Å². The van der Waals surface area contributed by atoms with Gasteiger partial charge in [-0.1, -0.05) is 44.2 Å². The maximum Gasteiger partial charge on any atom is 0.377 e. The van der Waals surface area contributed by atoms with Crippen LogP contribution in [0.2, 0.25) is 0 Å². The monoisotopic (exact) mass is 272 g/mol. The number of carbonyl (C=O) groups excluding carboxylic acids is 1. The summed E-state index contributed by atoms with van der Waals surface area (Å²) in [5.74, 6) is 0.306. The Morgan fingerprint density at radius 2 is 1.60 bits per heavy atom. The van der Waals surface area contributed by atoms with Gasteiger partial charge in [-0.05, 0) is 35.7 Å². The number of hydrogen-bond donors (Lipinski definition) is 0. The van der Waals surface area contributed by atoms with Crippen LogP contribution in [0.25, 0.3) is 0 Å². The number of benzene rings is 2. The molecule has 0 atom stereocenters. The molecular weight excluding hydrogens is 256 g/mol. The van der Waals surface area contributed by atoms with Crippen LogP contribution in [0.3, 0.4) is 0 Å². The Hall–Kier alpha value is -2.33. The van der Waals surface area contributed by atoms with E-state index in [0.29, 0.717) is 17.2 Å². The highest BCUT2D eigenvalue weighted by Gasteiger charge is 2.08. The number of hydrogen-bond acceptors (Lipinski definition) is 4. The van der Waals surface area contributed by atoms with Crippen molar-refractivity contribution in [3.8, 4) is 5.75 Å². The quantitative estimate of drug-likeness (QED) is 0.612. The average molecular weight is 272 g/mol. The zero-order chi connectivity index (χ0) is 14.4. The van der Waals surface area contributed by atoms with E-state index in [1.165, 1.54) is 5.56 Å². The summed E-state index contributed by atoms with van der Waals surface area (Å²) in [6.45, 7) is 4.21. The zero-order valence-corrected chi connectivity index (χ0v) is 11.4. The molecule has 2 aromatic rings. The molecule has 0 unspecified atom stereocenters. The molecular formula is C16H16O4. The minimum absolute atomic E-state index is 0.395. The Balaban J connectivity index is 1.82. The molecule has 0 aliphatic rings. The molecule has 0 saturated heterocycles. The van der Waals surface area contributed by atoms with Gasteiger partial charge in [-0.25, -0.2) is 4.79 Å². The Morgan fingerprint density at radius 3 is 2.20 bits per heavy atom. The highest BCUT2D eigenvalue weighted by atomic mass is 17.5. The van der Waals surface area contributed by atoms with Gasteiger partial charge in [-0.3, -0.25) is 9.78 Å². The Morgan fingerprint density at radius 1 is 0.950 bits per heavy atom. The van der Waals surface area contributed by atoms with Crippen LogP contribution in [0.5, 0.6) is 5.75 Å². The van der Waals surface area contributed by atoms with Crippen molar-refractivity contribution in [2.45, 2.75) is 19.8 Å². The molecule has 0 aromatic heterocycles. The number of rotatable bonds is 5. The predicted molar refractivity (Wildman–Crippen MR) is 74.1 cm³/mol. The van der Waals surface area contributed by atoms with E-state index in [2.05, 4.69) is 23.8 Å². The lowest BCUT2D eigenvalue weighted by molar-refractivity contribution is -0.429. The van der Waals surface area contributed by atoms with Crippen LogP contribution in [-0.4, -0.2) is 5.97 Å². The maximum atomic E-state index is 11.6. The molecule has 0 amide bonds. The fraction of sp³-hybridized carbons (Fsp3) is 0.188. The van der Waals surface area contributed by atoms with E-state index in [0.717, 1.165) is 0 Å². The normalized spacial score (nSPS) is 10.3. The van der Waals surface area contributed by atoms with Crippen molar-refractivity contribution in [3.05, 3.63) is 65.7 Å². The summed E-state index contributed by atoms with van der Waals surface area (Å²) in [6.07, 6.45) is 0. The third-order valence-electron chi connectivity index (χ3n) is 2.80. The second kappa shape index (κ2) is 6.73. The van der Waals surface area contributed by atoms with Crippen LogP contribution >= 0.6 is 0 Å². The van der Waals surface area contributed by atoms with Gasteiger partial charge in [0.25, 0.3) is 0 Å². The highest BCUT2D eigenvalue weighted by Crippen LogP contribution is 2.18. The van der Waals surface area contributed by atoms with Gasteiger partial charge in [0.05, 0.1) is 5.56 Å². The van der Waals surface area contributed by atoms with Crippen molar-refractivity contribution in [1.29, 1.82) is 0 Å². The smallest absolute Gasteiger partial charge is 0.299 e.